The normalized spacial score (nSPS) is 10.3. The second-order valence-electron chi connectivity index (χ2n) is 6.62. The van der Waals surface area contributed by atoms with Crippen LogP contribution in [0.2, 0.25) is 0 Å². The summed E-state index contributed by atoms with van der Waals surface area (Å²) >= 11 is 0. The first-order valence-corrected chi connectivity index (χ1v) is 9.40. The molecular formula is C22H21N5O3. The van der Waals surface area contributed by atoms with Crippen LogP contribution in [0.4, 0.5) is 5.69 Å². The van der Waals surface area contributed by atoms with Crippen molar-refractivity contribution >= 4 is 17.6 Å². The Morgan fingerprint density at radius 1 is 1.07 bits per heavy atom. The van der Waals surface area contributed by atoms with Crippen molar-refractivity contribution in [1.82, 2.24) is 15.0 Å². The van der Waals surface area contributed by atoms with Gasteiger partial charge in [0.15, 0.2) is 12.3 Å². The number of carbonyl (C=O) groups excluding carboxylic acids is 2. The van der Waals surface area contributed by atoms with E-state index in [-0.39, 0.29) is 18.7 Å². The average Bonchev–Trinajstić information content (AvgIpc) is 3.16. The number of benzene rings is 2. The van der Waals surface area contributed by atoms with Crippen molar-refractivity contribution in [1.29, 1.82) is 5.26 Å². The number of hydrogen-bond donors (Lipinski definition) is 0. The average molecular weight is 403 g/mol. The van der Waals surface area contributed by atoms with Crippen LogP contribution in [0.5, 0.6) is 0 Å². The molecule has 0 saturated carbocycles. The highest BCUT2D eigenvalue weighted by Crippen LogP contribution is 2.16. The van der Waals surface area contributed by atoms with Crippen molar-refractivity contribution in [2.24, 2.45) is 0 Å². The smallest absolute Gasteiger partial charge is 0.361 e. The molecule has 1 heterocycles. The van der Waals surface area contributed by atoms with Crippen LogP contribution >= 0.6 is 0 Å². The van der Waals surface area contributed by atoms with Gasteiger partial charge in [0.1, 0.15) is 0 Å². The standard InChI is InChI=1S/C22H21N5O3/c1-16-9-11-18(12-10-16)26(14-6-13-23)20(28)15-30-22(29)21-17(2)24-27(25-21)19-7-4-3-5-8-19/h3-5,7-12H,6,14-15H2,1-2H3. The summed E-state index contributed by atoms with van der Waals surface area (Å²) in [6, 6.07) is 18.5. The summed E-state index contributed by atoms with van der Waals surface area (Å²) in [5.74, 6) is -1.15. The molecular weight excluding hydrogens is 382 g/mol. The first-order chi connectivity index (χ1) is 14.5. The molecule has 0 saturated heterocycles. The molecule has 8 nitrogen and oxygen atoms in total. The molecule has 3 aromatic rings. The molecule has 0 spiro atoms. The van der Waals surface area contributed by atoms with E-state index in [0.29, 0.717) is 17.1 Å². The van der Waals surface area contributed by atoms with Crippen LogP contribution < -0.4 is 4.90 Å². The number of amides is 1. The molecule has 0 aliphatic carbocycles. The van der Waals surface area contributed by atoms with E-state index in [1.54, 1.807) is 19.1 Å². The van der Waals surface area contributed by atoms with Gasteiger partial charge in [0.2, 0.25) is 0 Å². The number of rotatable bonds is 7. The minimum Gasteiger partial charge on any atom is -0.451 e. The van der Waals surface area contributed by atoms with E-state index in [4.69, 9.17) is 10.00 Å². The fraction of sp³-hybridized carbons (Fsp3) is 0.227. The minimum absolute atomic E-state index is 0.0468. The largest absolute Gasteiger partial charge is 0.451 e. The molecule has 3 rings (SSSR count). The van der Waals surface area contributed by atoms with Gasteiger partial charge in [0.25, 0.3) is 5.91 Å². The van der Waals surface area contributed by atoms with Crippen LogP contribution in [-0.4, -0.2) is 40.0 Å². The molecule has 0 fully saturated rings. The van der Waals surface area contributed by atoms with Gasteiger partial charge >= 0.3 is 5.97 Å². The molecule has 0 bridgehead atoms. The molecule has 0 aliphatic rings. The predicted octanol–water partition coefficient (Wildman–Crippen LogP) is 2.99. The van der Waals surface area contributed by atoms with Crippen LogP contribution in [0.25, 0.3) is 5.69 Å². The summed E-state index contributed by atoms with van der Waals surface area (Å²) < 4.78 is 5.20. The highest BCUT2D eigenvalue weighted by molar-refractivity contribution is 5.96. The third kappa shape index (κ3) is 4.89. The maximum absolute atomic E-state index is 12.7. The van der Waals surface area contributed by atoms with Gasteiger partial charge in [-0.2, -0.15) is 15.2 Å². The van der Waals surface area contributed by atoms with Gasteiger partial charge in [-0.1, -0.05) is 35.9 Å². The van der Waals surface area contributed by atoms with Gasteiger partial charge in [-0.15, -0.1) is 5.10 Å². The molecule has 0 aliphatic heterocycles. The van der Waals surface area contributed by atoms with Gasteiger partial charge < -0.3 is 9.64 Å². The topological polar surface area (TPSA) is 101 Å². The number of anilines is 1. The Labute approximate surface area is 174 Å². The van der Waals surface area contributed by atoms with Crippen molar-refractivity contribution < 1.29 is 14.3 Å². The Morgan fingerprint density at radius 3 is 2.43 bits per heavy atom. The number of carbonyl (C=O) groups is 2. The molecule has 30 heavy (non-hydrogen) atoms. The van der Waals surface area contributed by atoms with Crippen LogP contribution in [0.3, 0.4) is 0 Å². The zero-order chi connectivity index (χ0) is 21.5. The molecule has 0 radical (unpaired) electrons. The molecule has 0 atom stereocenters. The van der Waals surface area contributed by atoms with Crippen LogP contribution in [-0.2, 0) is 9.53 Å². The molecule has 1 aromatic heterocycles. The minimum atomic E-state index is -0.729. The molecule has 0 N–H and O–H groups in total. The van der Waals surface area contributed by atoms with Crippen LogP contribution in [0.1, 0.15) is 28.2 Å². The van der Waals surface area contributed by atoms with E-state index in [2.05, 4.69) is 10.2 Å². The van der Waals surface area contributed by atoms with E-state index in [1.165, 1.54) is 9.70 Å². The quantitative estimate of drug-likeness (QED) is 0.562. The van der Waals surface area contributed by atoms with Gasteiger partial charge in [0.05, 0.1) is 23.9 Å². The van der Waals surface area contributed by atoms with Crippen molar-refractivity contribution in [3.8, 4) is 11.8 Å². The van der Waals surface area contributed by atoms with E-state index in [0.717, 1.165) is 5.56 Å². The third-order valence-electron chi connectivity index (χ3n) is 4.38. The second-order valence-corrected chi connectivity index (χ2v) is 6.62. The third-order valence-corrected chi connectivity index (χ3v) is 4.38. The Bertz CT molecular complexity index is 1070. The van der Waals surface area contributed by atoms with E-state index < -0.39 is 18.5 Å². The summed E-state index contributed by atoms with van der Waals surface area (Å²) in [5.41, 5.74) is 2.84. The van der Waals surface area contributed by atoms with Crippen molar-refractivity contribution in [3.63, 3.8) is 0 Å². The van der Waals surface area contributed by atoms with Crippen molar-refractivity contribution in [2.45, 2.75) is 20.3 Å². The zero-order valence-corrected chi connectivity index (χ0v) is 16.8. The first-order valence-electron chi connectivity index (χ1n) is 9.40. The number of aryl methyl sites for hydroxylation is 2. The number of nitrogens with zero attached hydrogens (tertiary/aromatic N) is 5. The molecule has 2 aromatic carbocycles. The summed E-state index contributed by atoms with van der Waals surface area (Å²) in [6.07, 6.45) is 0.165. The van der Waals surface area contributed by atoms with Crippen molar-refractivity contribution in [2.75, 3.05) is 18.1 Å². The number of nitriles is 1. The molecule has 8 heteroatoms. The van der Waals surface area contributed by atoms with Crippen LogP contribution in [0, 0.1) is 25.2 Å². The highest BCUT2D eigenvalue weighted by Gasteiger charge is 2.22. The lowest BCUT2D eigenvalue weighted by Crippen LogP contribution is -2.35. The summed E-state index contributed by atoms with van der Waals surface area (Å²) in [5, 5.41) is 17.3. The van der Waals surface area contributed by atoms with E-state index in [1.807, 2.05) is 55.5 Å². The van der Waals surface area contributed by atoms with Gasteiger partial charge in [-0.3, -0.25) is 4.79 Å². The summed E-state index contributed by atoms with van der Waals surface area (Å²) in [4.78, 5) is 27.9. The number of hydrogen-bond acceptors (Lipinski definition) is 6. The number of para-hydroxylation sites is 1. The first kappa shape index (κ1) is 20.7. The fourth-order valence-electron chi connectivity index (χ4n) is 2.80. The van der Waals surface area contributed by atoms with Gasteiger partial charge in [-0.05, 0) is 38.1 Å². The molecule has 152 valence electrons. The van der Waals surface area contributed by atoms with E-state index in [9.17, 15) is 9.59 Å². The van der Waals surface area contributed by atoms with E-state index >= 15 is 0 Å². The van der Waals surface area contributed by atoms with Crippen LogP contribution in [0.15, 0.2) is 54.6 Å². The highest BCUT2D eigenvalue weighted by atomic mass is 16.5. The lowest BCUT2D eigenvalue weighted by Gasteiger charge is -2.21. The summed E-state index contributed by atoms with van der Waals surface area (Å²) in [7, 11) is 0. The Hall–Kier alpha value is -3.99. The van der Waals surface area contributed by atoms with Crippen molar-refractivity contribution in [3.05, 3.63) is 71.5 Å². The maximum atomic E-state index is 12.7. The molecule has 1 amide bonds. The van der Waals surface area contributed by atoms with Gasteiger partial charge in [0, 0.05) is 12.2 Å². The number of aromatic nitrogens is 3. The number of esters is 1. The Kier molecular flexibility index (Phi) is 6.55. The lowest BCUT2D eigenvalue weighted by molar-refractivity contribution is -0.121. The number of ether oxygens (including phenoxy) is 1. The monoisotopic (exact) mass is 403 g/mol. The zero-order valence-electron chi connectivity index (χ0n) is 16.8. The maximum Gasteiger partial charge on any atom is 0.361 e. The fourth-order valence-corrected chi connectivity index (χ4v) is 2.80. The SMILES string of the molecule is Cc1ccc(N(CCC#N)C(=O)COC(=O)c2nn(-c3ccccc3)nc2C)cc1. The Balaban J connectivity index is 1.69. The summed E-state index contributed by atoms with van der Waals surface area (Å²) in [6.45, 7) is 3.34. The Morgan fingerprint density at radius 2 is 1.77 bits per heavy atom. The van der Waals surface area contributed by atoms with Gasteiger partial charge in [-0.25, -0.2) is 4.79 Å². The lowest BCUT2D eigenvalue weighted by atomic mass is 10.2. The predicted molar refractivity (Wildman–Crippen MR) is 110 cm³/mol. The second kappa shape index (κ2) is 9.47. The molecule has 0 unspecified atom stereocenters.